The van der Waals surface area contributed by atoms with Gasteiger partial charge in [0.2, 0.25) is 0 Å². The number of hydrogen-bond donors (Lipinski definition) is 2. The van der Waals surface area contributed by atoms with Gasteiger partial charge < -0.3 is 15.8 Å². The maximum atomic E-state index is 12.0. The van der Waals surface area contributed by atoms with E-state index in [1.54, 1.807) is 6.92 Å². The molecule has 1 aromatic heterocycles. The molecule has 1 aliphatic rings. The minimum absolute atomic E-state index is 0.130. The van der Waals surface area contributed by atoms with Crippen molar-refractivity contribution in [3.8, 4) is 0 Å². The van der Waals surface area contributed by atoms with E-state index in [0.717, 1.165) is 12.8 Å². The summed E-state index contributed by atoms with van der Waals surface area (Å²) in [5.41, 5.74) is 6.46. The molecule has 6 heteroatoms. The molecule has 104 valence electrons. The molecule has 0 radical (unpaired) electrons. The Labute approximate surface area is 116 Å². The number of thiophene rings is 1. The smallest absolute Gasteiger partial charge is 0.343 e. The van der Waals surface area contributed by atoms with Crippen LogP contribution in [0.5, 0.6) is 0 Å². The predicted octanol–water partition coefficient (Wildman–Crippen LogP) is 2.67. The Morgan fingerprint density at radius 2 is 2.16 bits per heavy atom. The quantitative estimate of drug-likeness (QED) is 0.641. The number of nitrogens with one attached hydrogen (secondary N) is 1. The lowest BCUT2D eigenvalue weighted by molar-refractivity contribution is 0.0529. The molecule has 1 heterocycles. The lowest BCUT2D eigenvalue weighted by atomic mass is 9.93. The lowest BCUT2D eigenvalue weighted by Gasteiger charge is -2.27. The maximum absolute atomic E-state index is 12.0. The average molecular weight is 282 g/mol. The molecule has 1 aromatic rings. The zero-order chi connectivity index (χ0) is 14.0. The van der Waals surface area contributed by atoms with Crippen molar-refractivity contribution in [1.29, 1.82) is 0 Å². The molecule has 2 rings (SSSR count). The van der Waals surface area contributed by atoms with E-state index in [1.165, 1.54) is 24.7 Å². The molecule has 3 N–H and O–H groups in total. The van der Waals surface area contributed by atoms with Gasteiger partial charge in [0, 0.05) is 13.0 Å². The summed E-state index contributed by atoms with van der Waals surface area (Å²) in [4.78, 5) is 23.9. The fraction of sp³-hybridized carbons (Fsp3) is 0.538. The van der Waals surface area contributed by atoms with Crippen molar-refractivity contribution in [2.45, 2.75) is 39.2 Å². The van der Waals surface area contributed by atoms with Crippen molar-refractivity contribution < 1.29 is 14.3 Å². The van der Waals surface area contributed by atoms with Crippen molar-refractivity contribution in [3.63, 3.8) is 0 Å². The van der Waals surface area contributed by atoms with Crippen LogP contribution in [0.15, 0.2) is 0 Å². The Morgan fingerprint density at radius 3 is 2.63 bits per heavy atom. The topological polar surface area (TPSA) is 81.4 Å². The first-order valence-corrected chi connectivity index (χ1v) is 7.23. The highest BCUT2D eigenvalue weighted by Gasteiger charge is 2.27. The van der Waals surface area contributed by atoms with Crippen LogP contribution < -0.4 is 11.1 Å². The normalized spacial score (nSPS) is 14.8. The summed E-state index contributed by atoms with van der Waals surface area (Å²) in [6.45, 7) is 3.47. The minimum atomic E-state index is -0.467. The number of ketones is 1. The van der Waals surface area contributed by atoms with Gasteiger partial charge in [0.05, 0.1) is 17.2 Å². The first-order valence-electron chi connectivity index (χ1n) is 6.41. The van der Waals surface area contributed by atoms with E-state index < -0.39 is 5.97 Å². The van der Waals surface area contributed by atoms with Crippen molar-refractivity contribution in [2.75, 3.05) is 17.7 Å². The van der Waals surface area contributed by atoms with Crippen molar-refractivity contribution >= 4 is 33.8 Å². The van der Waals surface area contributed by atoms with Crippen LogP contribution in [0, 0.1) is 0 Å². The minimum Gasteiger partial charge on any atom is -0.462 e. The van der Waals surface area contributed by atoms with E-state index in [4.69, 9.17) is 10.5 Å². The van der Waals surface area contributed by atoms with Crippen molar-refractivity contribution in [3.05, 3.63) is 10.4 Å². The van der Waals surface area contributed by atoms with Gasteiger partial charge in [-0.2, -0.15) is 0 Å². The van der Waals surface area contributed by atoms with E-state index in [-0.39, 0.29) is 18.1 Å². The van der Waals surface area contributed by atoms with E-state index in [2.05, 4.69) is 5.32 Å². The highest BCUT2D eigenvalue weighted by Crippen LogP contribution is 2.38. The van der Waals surface area contributed by atoms with Gasteiger partial charge in [0.25, 0.3) is 0 Å². The molecule has 0 bridgehead atoms. The largest absolute Gasteiger partial charge is 0.462 e. The molecular formula is C13H18N2O3S. The summed E-state index contributed by atoms with van der Waals surface area (Å²) in [6.07, 6.45) is 3.35. The summed E-state index contributed by atoms with van der Waals surface area (Å²) in [6, 6.07) is 0.367. The highest BCUT2D eigenvalue weighted by molar-refractivity contribution is 7.19. The predicted molar refractivity (Wildman–Crippen MR) is 76.0 cm³/mol. The van der Waals surface area contributed by atoms with Crippen LogP contribution in [-0.4, -0.2) is 24.4 Å². The third kappa shape index (κ3) is 2.73. The van der Waals surface area contributed by atoms with Gasteiger partial charge in [0.1, 0.15) is 10.6 Å². The van der Waals surface area contributed by atoms with Crippen LogP contribution in [0.3, 0.4) is 0 Å². The van der Waals surface area contributed by atoms with Crippen LogP contribution in [0.2, 0.25) is 0 Å². The van der Waals surface area contributed by atoms with Gasteiger partial charge >= 0.3 is 5.97 Å². The fourth-order valence-electron chi connectivity index (χ4n) is 1.95. The Kier molecular flexibility index (Phi) is 4.09. The second kappa shape index (κ2) is 5.61. The summed E-state index contributed by atoms with van der Waals surface area (Å²) < 4.78 is 5.01. The molecule has 0 aromatic carbocycles. The first kappa shape index (κ1) is 13.9. The number of carbonyl (C=O) groups excluding carboxylic acids is 2. The molecule has 0 atom stereocenters. The molecule has 5 nitrogen and oxygen atoms in total. The van der Waals surface area contributed by atoms with E-state index in [1.807, 2.05) is 0 Å². The molecule has 0 unspecified atom stereocenters. The van der Waals surface area contributed by atoms with Gasteiger partial charge in [-0.15, -0.1) is 11.3 Å². The zero-order valence-corrected chi connectivity index (χ0v) is 11.9. The van der Waals surface area contributed by atoms with Gasteiger partial charge in [-0.3, -0.25) is 4.79 Å². The Hall–Kier alpha value is -1.56. The SMILES string of the molecule is CCOC(=O)c1c(NC2CCC2)sc(C(C)=O)c1N. The van der Waals surface area contributed by atoms with Crippen LogP contribution in [0.4, 0.5) is 10.7 Å². The van der Waals surface area contributed by atoms with Gasteiger partial charge in [-0.05, 0) is 26.2 Å². The number of hydrogen-bond acceptors (Lipinski definition) is 6. The van der Waals surface area contributed by atoms with Crippen LogP contribution in [-0.2, 0) is 4.74 Å². The lowest BCUT2D eigenvalue weighted by Crippen LogP contribution is -2.27. The number of rotatable bonds is 5. The number of ether oxygens (including phenoxy) is 1. The number of esters is 1. The molecule has 0 spiro atoms. The molecule has 0 saturated heterocycles. The molecule has 1 saturated carbocycles. The number of Topliss-reactive ketones (excluding diaryl/α,β-unsaturated/α-hetero) is 1. The summed E-state index contributed by atoms with van der Waals surface area (Å²) in [5.74, 6) is -0.597. The Balaban J connectivity index is 2.34. The molecule has 0 amide bonds. The number of anilines is 2. The second-order valence-electron chi connectivity index (χ2n) is 4.60. The third-order valence-corrected chi connectivity index (χ3v) is 4.42. The van der Waals surface area contributed by atoms with Gasteiger partial charge in [0.15, 0.2) is 5.78 Å². The van der Waals surface area contributed by atoms with Gasteiger partial charge in [-0.1, -0.05) is 0 Å². The summed E-state index contributed by atoms with van der Waals surface area (Å²) in [5, 5.41) is 3.95. The molecule has 1 fully saturated rings. The van der Waals surface area contributed by atoms with Crippen LogP contribution >= 0.6 is 11.3 Å². The third-order valence-electron chi connectivity index (χ3n) is 3.18. The number of carbonyl (C=O) groups is 2. The molecular weight excluding hydrogens is 264 g/mol. The number of nitrogen functional groups attached to an aromatic ring is 1. The molecule has 0 aliphatic heterocycles. The standard InChI is InChI=1S/C13H18N2O3S/c1-3-18-13(17)9-10(14)11(7(2)16)19-12(9)15-8-5-4-6-8/h8,15H,3-6,14H2,1-2H3. The average Bonchev–Trinajstić information content (AvgIpc) is 2.61. The zero-order valence-electron chi connectivity index (χ0n) is 11.1. The Morgan fingerprint density at radius 1 is 1.47 bits per heavy atom. The molecule has 19 heavy (non-hydrogen) atoms. The van der Waals surface area contributed by atoms with Crippen LogP contribution in [0.25, 0.3) is 0 Å². The summed E-state index contributed by atoms with van der Waals surface area (Å²) in [7, 11) is 0. The van der Waals surface area contributed by atoms with Crippen molar-refractivity contribution in [1.82, 2.24) is 0 Å². The Bertz CT molecular complexity index is 506. The molecule has 1 aliphatic carbocycles. The highest BCUT2D eigenvalue weighted by atomic mass is 32.1. The maximum Gasteiger partial charge on any atom is 0.343 e. The fourth-order valence-corrected chi connectivity index (χ4v) is 3.03. The monoisotopic (exact) mass is 282 g/mol. The van der Waals surface area contributed by atoms with E-state index in [0.29, 0.717) is 21.5 Å². The second-order valence-corrected chi connectivity index (χ2v) is 5.62. The van der Waals surface area contributed by atoms with E-state index >= 15 is 0 Å². The van der Waals surface area contributed by atoms with E-state index in [9.17, 15) is 9.59 Å². The van der Waals surface area contributed by atoms with Crippen molar-refractivity contribution in [2.24, 2.45) is 0 Å². The van der Waals surface area contributed by atoms with Gasteiger partial charge in [-0.25, -0.2) is 4.79 Å². The van der Waals surface area contributed by atoms with Crippen LogP contribution in [0.1, 0.15) is 53.1 Å². The first-order chi connectivity index (χ1) is 9.04. The number of nitrogens with two attached hydrogens (primary N) is 1. The summed E-state index contributed by atoms with van der Waals surface area (Å²) >= 11 is 1.24.